The van der Waals surface area contributed by atoms with Crippen LogP contribution in [-0.4, -0.2) is 53.9 Å². The molecular weight excluding hydrogens is 439 g/mol. The average molecular weight is 461 g/mol. The third-order valence-corrected chi connectivity index (χ3v) is 5.61. The lowest BCUT2D eigenvalue weighted by atomic mass is 9.91. The van der Waals surface area contributed by atoms with Crippen molar-refractivity contribution in [2.45, 2.75) is 39.2 Å². The van der Waals surface area contributed by atoms with Crippen LogP contribution in [0, 0.1) is 0 Å². The first kappa shape index (κ1) is 22.7. The number of amidine groups is 1. The van der Waals surface area contributed by atoms with Crippen molar-refractivity contribution in [2.24, 2.45) is 9.98 Å². The van der Waals surface area contributed by atoms with E-state index in [-0.39, 0.29) is 29.9 Å². The van der Waals surface area contributed by atoms with Gasteiger partial charge in [0.05, 0.1) is 6.04 Å². The Morgan fingerprint density at radius 3 is 2.76 bits per heavy atom. The second-order valence-electron chi connectivity index (χ2n) is 7.91. The highest BCUT2D eigenvalue weighted by Crippen LogP contribution is 2.32. The summed E-state index contributed by atoms with van der Waals surface area (Å²) in [4.78, 5) is 34.5. The van der Waals surface area contributed by atoms with E-state index in [9.17, 15) is 22.8 Å². The number of benzene rings is 1. The normalized spacial score (nSPS) is 20.5. The molecule has 3 amide bonds. The molecule has 33 heavy (non-hydrogen) atoms. The van der Waals surface area contributed by atoms with Gasteiger partial charge in [0.25, 0.3) is 5.91 Å². The molecule has 1 aromatic rings. The Bertz CT molecular complexity index is 1120. The number of imide groups is 1. The van der Waals surface area contributed by atoms with E-state index in [0.29, 0.717) is 25.1 Å². The van der Waals surface area contributed by atoms with Gasteiger partial charge in [0.2, 0.25) is 0 Å². The number of amides is 3. The number of nitrogens with zero attached hydrogens (tertiary/aromatic N) is 3. The topological polar surface area (TPSA) is 95.4 Å². The van der Waals surface area contributed by atoms with Gasteiger partial charge in [-0.25, -0.2) is 4.79 Å². The van der Waals surface area contributed by atoms with Crippen LogP contribution in [0.4, 0.5) is 18.0 Å². The first-order valence-electron chi connectivity index (χ1n) is 10.3. The number of alkyl halides is 3. The fourth-order valence-electron chi connectivity index (χ4n) is 3.91. The number of aliphatic imine (C=N–C) groups is 2. The number of halogens is 3. The van der Waals surface area contributed by atoms with Crippen molar-refractivity contribution >= 4 is 23.5 Å². The zero-order chi connectivity index (χ0) is 23.8. The number of carbonyl (C=O) groups excluding carboxylic acids is 2. The molecule has 0 aromatic heterocycles. The van der Waals surface area contributed by atoms with E-state index in [1.165, 1.54) is 12.1 Å². The molecule has 2 aliphatic heterocycles. The van der Waals surface area contributed by atoms with Crippen LogP contribution in [0.5, 0.6) is 5.75 Å². The minimum atomic E-state index is -4.78. The minimum absolute atomic E-state index is 0.105. The molecule has 8 nitrogen and oxygen atoms in total. The largest absolute Gasteiger partial charge is 0.573 e. The fraction of sp³-hybridized carbons (Fsp3) is 0.364. The zero-order valence-electron chi connectivity index (χ0n) is 18.0. The smallest absolute Gasteiger partial charge is 0.405 e. The zero-order valence-corrected chi connectivity index (χ0v) is 18.0. The Kier molecular flexibility index (Phi) is 6.07. The number of allylic oxidation sites excluding steroid dienone is 2. The predicted molar refractivity (Wildman–Crippen MR) is 115 cm³/mol. The molecule has 1 aromatic carbocycles. The summed E-state index contributed by atoms with van der Waals surface area (Å²) in [5.41, 5.74) is 3.51. The van der Waals surface area contributed by atoms with E-state index in [1.807, 2.05) is 19.9 Å². The molecule has 0 spiro atoms. The van der Waals surface area contributed by atoms with Crippen molar-refractivity contribution in [3.63, 3.8) is 0 Å². The number of fused-ring (bicyclic) bond motifs is 2. The summed E-state index contributed by atoms with van der Waals surface area (Å²) in [6.07, 6.45) is -2.17. The molecule has 4 rings (SSSR count). The first-order valence-corrected chi connectivity index (χ1v) is 10.3. The molecule has 1 aliphatic carbocycles. The standard InChI is InChI=1S/C22H22F3N5O3/c1-12-9-15-16(10-13(12)2)30(19-18(27-15)20(31)29-21(32)28-19)8-7-26-11-14-5-3-4-6-17(14)33-22(23,24)25/h3-6,10,15,26H,7-9,11H2,1-2H3,(H,29,31,32). The van der Waals surface area contributed by atoms with Crippen LogP contribution in [0.2, 0.25) is 0 Å². The van der Waals surface area contributed by atoms with Gasteiger partial charge >= 0.3 is 12.4 Å². The van der Waals surface area contributed by atoms with Gasteiger partial charge in [0.15, 0.2) is 11.5 Å². The molecule has 174 valence electrons. The Balaban J connectivity index is 1.51. The van der Waals surface area contributed by atoms with Gasteiger partial charge in [0.1, 0.15) is 5.75 Å². The quantitative estimate of drug-likeness (QED) is 0.635. The van der Waals surface area contributed by atoms with Gasteiger partial charge in [-0.2, -0.15) is 4.99 Å². The van der Waals surface area contributed by atoms with Crippen LogP contribution in [0.15, 0.2) is 57.2 Å². The molecule has 1 unspecified atom stereocenters. The monoisotopic (exact) mass is 461 g/mol. The average Bonchev–Trinajstić information content (AvgIpc) is 2.72. The maximum Gasteiger partial charge on any atom is 0.573 e. The maximum absolute atomic E-state index is 12.6. The van der Waals surface area contributed by atoms with Crippen molar-refractivity contribution in [3.8, 4) is 5.75 Å². The maximum atomic E-state index is 12.6. The van der Waals surface area contributed by atoms with Crippen molar-refractivity contribution in [1.29, 1.82) is 0 Å². The summed E-state index contributed by atoms with van der Waals surface area (Å²) < 4.78 is 42.0. The second kappa shape index (κ2) is 8.81. The lowest BCUT2D eigenvalue weighted by Gasteiger charge is -2.39. The second-order valence-corrected chi connectivity index (χ2v) is 7.91. The summed E-state index contributed by atoms with van der Waals surface area (Å²) in [5, 5.41) is 5.25. The highest BCUT2D eigenvalue weighted by molar-refractivity contribution is 6.69. The first-order chi connectivity index (χ1) is 15.6. The van der Waals surface area contributed by atoms with E-state index in [0.717, 1.165) is 16.8 Å². The van der Waals surface area contributed by atoms with Crippen molar-refractivity contribution < 1.29 is 27.5 Å². The van der Waals surface area contributed by atoms with Crippen LogP contribution in [0.1, 0.15) is 25.8 Å². The number of para-hydroxylation sites is 1. The van der Waals surface area contributed by atoms with Gasteiger partial charge in [-0.15, -0.1) is 13.2 Å². The summed E-state index contributed by atoms with van der Waals surface area (Å²) in [6.45, 7) is 4.78. The Morgan fingerprint density at radius 2 is 2.00 bits per heavy atom. The highest BCUT2D eigenvalue weighted by atomic mass is 19.4. The number of ether oxygens (including phenoxy) is 1. The van der Waals surface area contributed by atoms with E-state index in [2.05, 4.69) is 25.4 Å². The molecule has 0 fully saturated rings. The van der Waals surface area contributed by atoms with Gasteiger partial charge in [0, 0.05) is 30.9 Å². The molecular formula is C22H22F3N5O3. The highest BCUT2D eigenvalue weighted by Gasteiger charge is 2.39. The fourth-order valence-corrected chi connectivity index (χ4v) is 3.91. The molecule has 0 radical (unpaired) electrons. The number of hydrogen-bond donors (Lipinski definition) is 2. The van der Waals surface area contributed by atoms with Gasteiger partial charge < -0.3 is 15.0 Å². The number of hydrogen-bond acceptors (Lipinski definition) is 6. The summed E-state index contributed by atoms with van der Waals surface area (Å²) in [5.74, 6) is -0.680. The Labute approximate surface area is 187 Å². The number of urea groups is 1. The van der Waals surface area contributed by atoms with Crippen molar-refractivity contribution in [1.82, 2.24) is 15.5 Å². The number of rotatable bonds is 6. The SMILES string of the molecule is CC1=C(C)CC2N=C3C(=O)NC(=O)N=C3N(CCNCc3ccccc3OC(F)(F)F)C2=C1. The molecule has 2 heterocycles. The third-order valence-electron chi connectivity index (χ3n) is 5.61. The third kappa shape index (κ3) is 4.98. The summed E-state index contributed by atoms with van der Waals surface area (Å²) in [7, 11) is 0. The van der Waals surface area contributed by atoms with E-state index in [4.69, 9.17) is 0 Å². The molecule has 1 atom stereocenters. The van der Waals surface area contributed by atoms with E-state index >= 15 is 0 Å². The molecule has 0 saturated heterocycles. The van der Waals surface area contributed by atoms with Gasteiger partial charge in [-0.3, -0.25) is 15.1 Å². The van der Waals surface area contributed by atoms with Crippen LogP contribution in [0.25, 0.3) is 0 Å². The predicted octanol–water partition coefficient (Wildman–Crippen LogP) is 3.07. The minimum Gasteiger partial charge on any atom is -0.405 e. The van der Waals surface area contributed by atoms with Crippen LogP contribution < -0.4 is 15.4 Å². The lowest BCUT2D eigenvalue weighted by molar-refractivity contribution is -0.274. The van der Waals surface area contributed by atoms with Crippen LogP contribution in [0.3, 0.4) is 0 Å². The molecule has 2 N–H and O–H groups in total. The van der Waals surface area contributed by atoms with Gasteiger partial charge in [-0.05, 0) is 32.4 Å². The van der Waals surface area contributed by atoms with Crippen LogP contribution >= 0.6 is 0 Å². The molecule has 3 aliphatic rings. The number of carbonyl (C=O) groups is 2. The van der Waals surface area contributed by atoms with Crippen LogP contribution in [-0.2, 0) is 11.3 Å². The molecule has 11 heteroatoms. The summed E-state index contributed by atoms with van der Waals surface area (Å²) in [6, 6.07) is 4.86. The van der Waals surface area contributed by atoms with E-state index in [1.54, 1.807) is 17.0 Å². The lowest BCUT2D eigenvalue weighted by Crippen LogP contribution is -2.55. The molecule has 0 saturated carbocycles. The molecule has 0 bridgehead atoms. The van der Waals surface area contributed by atoms with Crippen molar-refractivity contribution in [3.05, 3.63) is 52.7 Å². The number of nitrogens with one attached hydrogen (secondary N) is 2. The van der Waals surface area contributed by atoms with Crippen molar-refractivity contribution in [2.75, 3.05) is 13.1 Å². The van der Waals surface area contributed by atoms with Gasteiger partial charge in [-0.1, -0.05) is 29.3 Å². The Morgan fingerprint density at radius 1 is 1.24 bits per heavy atom. The Hall–Kier alpha value is -3.47. The van der Waals surface area contributed by atoms with E-state index < -0.39 is 18.3 Å². The summed E-state index contributed by atoms with van der Waals surface area (Å²) >= 11 is 0.